The molecule has 0 aromatic carbocycles. The first-order valence-corrected chi connectivity index (χ1v) is 7.67. The van der Waals surface area contributed by atoms with E-state index in [1.807, 2.05) is 5.51 Å². The Kier molecular flexibility index (Phi) is 4.57. The molecule has 0 radical (unpaired) electrons. The molecule has 0 aliphatic heterocycles. The molecule has 1 aromatic rings. The van der Waals surface area contributed by atoms with Crippen molar-refractivity contribution in [2.45, 2.75) is 59.0 Å². The highest BCUT2D eigenvalue weighted by atomic mass is 32.1. The van der Waals surface area contributed by atoms with Gasteiger partial charge in [0.25, 0.3) is 0 Å². The van der Waals surface area contributed by atoms with Crippen LogP contribution in [0.3, 0.4) is 0 Å². The Morgan fingerprint density at radius 2 is 2.06 bits per heavy atom. The van der Waals surface area contributed by atoms with E-state index in [1.165, 1.54) is 36.3 Å². The average molecular weight is 252 g/mol. The van der Waals surface area contributed by atoms with Crippen molar-refractivity contribution in [3.63, 3.8) is 0 Å². The SMILES string of the molecule is Cc1ncsc1CNC1CCC(C(C)C)CC1. The Morgan fingerprint density at radius 1 is 1.35 bits per heavy atom. The van der Waals surface area contributed by atoms with Crippen LogP contribution >= 0.6 is 11.3 Å². The summed E-state index contributed by atoms with van der Waals surface area (Å²) >= 11 is 1.77. The fraction of sp³-hybridized carbons (Fsp3) is 0.786. The highest BCUT2D eigenvalue weighted by Crippen LogP contribution is 2.30. The van der Waals surface area contributed by atoms with Gasteiger partial charge in [0, 0.05) is 17.5 Å². The molecule has 1 aromatic heterocycles. The summed E-state index contributed by atoms with van der Waals surface area (Å²) in [5.74, 6) is 1.82. The molecule has 1 saturated carbocycles. The van der Waals surface area contributed by atoms with Gasteiger partial charge in [-0.2, -0.15) is 0 Å². The van der Waals surface area contributed by atoms with E-state index in [0.29, 0.717) is 0 Å². The molecular formula is C14H24N2S. The van der Waals surface area contributed by atoms with Crippen molar-refractivity contribution in [3.05, 3.63) is 16.1 Å². The molecule has 0 saturated heterocycles. The minimum Gasteiger partial charge on any atom is -0.309 e. The maximum Gasteiger partial charge on any atom is 0.0798 e. The normalized spacial score (nSPS) is 25.4. The van der Waals surface area contributed by atoms with Crippen LogP contribution in [0.25, 0.3) is 0 Å². The van der Waals surface area contributed by atoms with Gasteiger partial charge >= 0.3 is 0 Å². The highest BCUT2D eigenvalue weighted by Gasteiger charge is 2.22. The Bertz CT molecular complexity index is 338. The molecule has 0 unspecified atom stereocenters. The fourth-order valence-corrected chi connectivity index (χ4v) is 3.45. The van der Waals surface area contributed by atoms with Gasteiger partial charge in [-0.25, -0.2) is 4.98 Å². The molecule has 1 heterocycles. The molecule has 2 rings (SSSR count). The topological polar surface area (TPSA) is 24.9 Å². The van der Waals surface area contributed by atoms with E-state index in [4.69, 9.17) is 0 Å². The van der Waals surface area contributed by atoms with Gasteiger partial charge in [-0.15, -0.1) is 11.3 Å². The van der Waals surface area contributed by atoms with Crippen LogP contribution in [-0.2, 0) is 6.54 Å². The van der Waals surface area contributed by atoms with E-state index in [0.717, 1.165) is 24.4 Å². The Labute approximate surface area is 109 Å². The van der Waals surface area contributed by atoms with Gasteiger partial charge in [0.1, 0.15) is 0 Å². The second-order valence-electron chi connectivity index (χ2n) is 5.60. The number of nitrogens with one attached hydrogen (secondary N) is 1. The number of rotatable bonds is 4. The van der Waals surface area contributed by atoms with Crippen molar-refractivity contribution in [1.29, 1.82) is 0 Å². The fourth-order valence-electron chi connectivity index (χ4n) is 2.72. The van der Waals surface area contributed by atoms with Crippen LogP contribution in [0.1, 0.15) is 50.1 Å². The molecular weight excluding hydrogens is 228 g/mol. The van der Waals surface area contributed by atoms with Crippen LogP contribution in [0.2, 0.25) is 0 Å². The summed E-state index contributed by atoms with van der Waals surface area (Å²) in [5.41, 5.74) is 3.14. The maximum atomic E-state index is 4.29. The molecule has 2 nitrogen and oxygen atoms in total. The Hall–Kier alpha value is -0.410. The summed E-state index contributed by atoms with van der Waals surface area (Å²) in [7, 11) is 0. The van der Waals surface area contributed by atoms with E-state index in [-0.39, 0.29) is 0 Å². The van der Waals surface area contributed by atoms with Crippen molar-refractivity contribution in [3.8, 4) is 0 Å². The lowest BCUT2D eigenvalue weighted by molar-refractivity contribution is 0.238. The third-order valence-electron chi connectivity index (χ3n) is 4.11. The molecule has 3 heteroatoms. The second-order valence-corrected chi connectivity index (χ2v) is 6.54. The number of hydrogen-bond acceptors (Lipinski definition) is 3. The number of hydrogen-bond donors (Lipinski definition) is 1. The smallest absolute Gasteiger partial charge is 0.0798 e. The van der Waals surface area contributed by atoms with Gasteiger partial charge in [-0.1, -0.05) is 13.8 Å². The third kappa shape index (κ3) is 3.52. The van der Waals surface area contributed by atoms with Gasteiger partial charge in [0.15, 0.2) is 0 Å². The molecule has 1 fully saturated rings. The second kappa shape index (κ2) is 5.96. The van der Waals surface area contributed by atoms with Gasteiger partial charge in [-0.05, 0) is 44.4 Å². The molecule has 1 aliphatic rings. The first-order chi connectivity index (χ1) is 8.16. The molecule has 0 bridgehead atoms. The van der Waals surface area contributed by atoms with Crippen LogP contribution in [0.5, 0.6) is 0 Å². The molecule has 0 amide bonds. The van der Waals surface area contributed by atoms with Crippen molar-refractivity contribution in [2.75, 3.05) is 0 Å². The molecule has 1 N–H and O–H groups in total. The van der Waals surface area contributed by atoms with E-state index >= 15 is 0 Å². The first-order valence-electron chi connectivity index (χ1n) is 6.79. The maximum absolute atomic E-state index is 4.29. The van der Waals surface area contributed by atoms with Gasteiger partial charge in [0.2, 0.25) is 0 Å². The lowest BCUT2D eigenvalue weighted by Gasteiger charge is -2.31. The summed E-state index contributed by atoms with van der Waals surface area (Å²) < 4.78 is 0. The van der Waals surface area contributed by atoms with Crippen molar-refractivity contribution < 1.29 is 0 Å². The lowest BCUT2D eigenvalue weighted by atomic mass is 9.80. The van der Waals surface area contributed by atoms with Gasteiger partial charge < -0.3 is 5.32 Å². The van der Waals surface area contributed by atoms with Crippen molar-refractivity contribution in [2.24, 2.45) is 11.8 Å². The largest absolute Gasteiger partial charge is 0.309 e. The quantitative estimate of drug-likeness (QED) is 0.882. The minimum absolute atomic E-state index is 0.728. The van der Waals surface area contributed by atoms with Crippen LogP contribution in [0.15, 0.2) is 5.51 Å². The molecule has 96 valence electrons. The van der Waals surface area contributed by atoms with Crippen LogP contribution in [-0.4, -0.2) is 11.0 Å². The standard InChI is InChI=1S/C14H24N2S/c1-10(2)12-4-6-13(7-5-12)15-8-14-11(3)16-9-17-14/h9-10,12-13,15H,4-8H2,1-3H3. The van der Waals surface area contributed by atoms with Crippen molar-refractivity contribution in [1.82, 2.24) is 10.3 Å². The van der Waals surface area contributed by atoms with Crippen LogP contribution in [0.4, 0.5) is 0 Å². The minimum atomic E-state index is 0.728. The monoisotopic (exact) mass is 252 g/mol. The number of aromatic nitrogens is 1. The average Bonchev–Trinajstić information content (AvgIpc) is 2.73. The van der Waals surface area contributed by atoms with E-state index in [1.54, 1.807) is 11.3 Å². The predicted molar refractivity (Wildman–Crippen MR) is 74.3 cm³/mol. The molecule has 0 spiro atoms. The van der Waals surface area contributed by atoms with Crippen molar-refractivity contribution >= 4 is 11.3 Å². The summed E-state index contributed by atoms with van der Waals surface area (Å²) in [5, 5.41) is 3.69. The zero-order valence-electron chi connectivity index (χ0n) is 11.2. The van der Waals surface area contributed by atoms with Gasteiger partial charge in [0.05, 0.1) is 11.2 Å². The Morgan fingerprint density at radius 3 is 2.59 bits per heavy atom. The van der Waals surface area contributed by atoms with E-state index < -0.39 is 0 Å². The zero-order valence-corrected chi connectivity index (χ0v) is 12.0. The lowest BCUT2D eigenvalue weighted by Crippen LogP contribution is -2.33. The Balaban J connectivity index is 1.74. The third-order valence-corrected chi connectivity index (χ3v) is 5.05. The summed E-state index contributed by atoms with van der Waals surface area (Å²) in [6.45, 7) is 7.83. The predicted octanol–water partition coefficient (Wildman–Crippen LogP) is 3.76. The first kappa shape index (κ1) is 13.0. The van der Waals surface area contributed by atoms with Crippen LogP contribution < -0.4 is 5.32 Å². The summed E-state index contributed by atoms with van der Waals surface area (Å²) in [4.78, 5) is 5.69. The summed E-state index contributed by atoms with van der Waals surface area (Å²) in [6.07, 6.45) is 5.50. The zero-order chi connectivity index (χ0) is 12.3. The van der Waals surface area contributed by atoms with E-state index in [9.17, 15) is 0 Å². The van der Waals surface area contributed by atoms with E-state index in [2.05, 4.69) is 31.1 Å². The number of nitrogens with zero attached hydrogens (tertiary/aromatic N) is 1. The molecule has 1 aliphatic carbocycles. The molecule has 17 heavy (non-hydrogen) atoms. The number of thiazole rings is 1. The van der Waals surface area contributed by atoms with Crippen LogP contribution in [0, 0.1) is 18.8 Å². The summed E-state index contributed by atoms with van der Waals surface area (Å²) in [6, 6.07) is 0.728. The highest BCUT2D eigenvalue weighted by molar-refractivity contribution is 7.09. The number of aryl methyl sites for hydroxylation is 1. The van der Waals surface area contributed by atoms with Gasteiger partial charge in [-0.3, -0.25) is 0 Å². The molecule has 0 atom stereocenters.